The first-order chi connectivity index (χ1) is 11.0. The number of likely N-dealkylation sites (N-methyl/N-ethyl adjacent to an activating group) is 1. The Kier molecular flexibility index (Phi) is 7.95. The van der Waals surface area contributed by atoms with E-state index < -0.39 is 11.9 Å². The van der Waals surface area contributed by atoms with Gasteiger partial charge in [-0.2, -0.15) is 0 Å². The normalized spacial score (nSPS) is 9.83. The van der Waals surface area contributed by atoms with Gasteiger partial charge >= 0.3 is 11.9 Å². The van der Waals surface area contributed by atoms with Crippen LogP contribution in [0.5, 0.6) is 0 Å². The van der Waals surface area contributed by atoms with Crippen LogP contribution in [-0.2, 0) is 22.6 Å². The molecule has 2 rings (SSSR count). The van der Waals surface area contributed by atoms with E-state index in [2.05, 4.69) is 40.1 Å². The van der Waals surface area contributed by atoms with Crippen molar-refractivity contribution in [2.45, 2.75) is 13.0 Å². The summed E-state index contributed by atoms with van der Waals surface area (Å²) in [4.78, 5) is 28.8. The number of hydrogen-bond acceptors (Lipinski definition) is 5. The summed E-state index contributed by atoms with van der Waals surface area (Å²) < 4.78 is 0. The first kappa shape index (κ1) is 18.2. The van der Waals surface area contributed by atoms with Crippen molar-refractivity contribution in [1.82, 2.24) is 14.9 Å². The lowest BCUT2D eigenvalue weighted by atomic mass is 10.2. The summed E-state index contributed by atoms with van der Waals surface area (Å²) in [5, 5.41) is 14.8. The highest BCUT2D eigenvalue weighted by Gasteiger charge is 2.04. The Morgan fingerprint density at radius 3 is 2.22 bits per heavy atom. The third-order valence-corrected chi connectivity index (χ3v) is 2.86. The van der Waals surface area contributed by atoms with Gasteiger partial charge < -0.3 is 15.1 Å². The predicted molar refractivity (Wildman–Crippen MR) is 83.8 cm³/mol. The van der Waals surface area contributed by atoms with Crippen LogP contribution >= 0.6 is 0 Å². The number of carboxylic acid groups (broad SMARTS) is 2. The lowest BCUT2D eigenvalue weighted by Gasteiger charge is -2.16. The van der Waals surface area contributed by atoms with Gasteiger partial charge in [0.05, 0.1) is 0 Å². The average Bonchev–Trinajstić information content (AvgIpc) is 2.55. The number of carboxylic acids is 2. The zero-order valence-electron chi connectivity index (χ0n) is 12.8. The zero-order valence-corrected chi connectivity index (χ0v) is 12.8. The lowest BCUT2D eigenvalue weighted by molar-refractivity contribution is -0.159. The molecule has 0 spiro atoms. The summed E-state index contributed by atoms with van der Waals surface area (Å²) in [7, 11) is 2.13. The molecular weight excluding hydrogens is 298 g/mol. The number of hydrogen-bond donors (Lipinski definition) is 2. The minimum absolute atomic E-state index is 0.954. The number of aromatic nitrogens is 2. The van der Waals surface area contributed by atoms with E-state index in [0.717, 1.165) is 25.2 Å². The standard InChI is InChI=1S/C14H17N3.C2H2O4/c1-17(12-13-5-9-15-10-6-13)11-7-14-4-2-3-8-16-14;3-1(4)2(5)6/h2-6,8-10H,7,11-12H2,1H3;(H,3,4)(H,5,6). The second-order valence-electron chi connectivity index (χ2n) is 4.77. The van der Waals surface area contributed by atoms with Crippen molar-refractivity contribution in [3.63, 3.8) is 0 Å². The van der Waals surface area contributed by atoms with E-state index in [-0.39, 0.29) is 0 Å². The fourth-order valence-corrected chi connectivity index (χ4v) is 1.73. The highest BCUT2D eigenvalue weighted by molar-refractivity contribution is 6.27. The first-order valence-electron chi connectivity index (χ1n) is 6.92. The quantitative estimate of drug-likeness (QED) is 0.801. The Hall–Kier alpha value is -2.80. The topological polar surface area (TPSA) is 104 Å². The molecule has 2 heterocycles. The Morgan fingerprint density at radius 2 is 1.70 bits per heavy atom. The Morgan fingerprint density at radius 1 is 1.04 bits per heavy atom. The van der Waals surface area contributed by atoms with E-state index in [4.69, 9.17) is 19.8 Å². The third-order valence-electron chi connectivity index (χ3n) is 2.86. The Bertz CT molecular complexity index is 593. The lowest BCUT2D eigenvalue weighted by Crippen LogP contribution is -2.21. The third kappa shape index (κ3) is 8.27. The van der Waals surface area contributed by atoms with Crippen LogP contribution in [0.1, 0.15) is 11.3 Å². The molecule has 0 saturated heterocycles. The molecule has 0 aliphatic carbocycles. The summed E-state index contributed by atoms with van der Waals surface area (Å²) in [6.45, 7) is 1.97. The predicted octanol–water partition coefficient (Wildman–Crippen LogP) is 1.31. The maximum Gasteiger partial charge on any atom is 0.414 e. The van der Waals surface area contributed by atoms with Crippen molar-refractivity contribution in [3.05, 3.63) is 60.2 Å². The van der Waals surface area contributed by atoms with Crippen LogP contribution in [0.2, 0.25) is 0 Å². The number of nitrogens with zero attached hydrogens (tertiary/aromatic N) is 3. The molecule has 2 aromatic rings. The molecule has 122 valence electrons. The first-order valence-corrected chi connectivity index (χ1v) is 6.92. The minimum Gasteiger partial charge on any atom is -0.473 e. The van der Waals surface area contributed by atoms with E-state index in [9.17, 15) is 0 Å². The maximum atomic E-state index is 9.10. The van der Waals surface area contributed by atoms with Crippen LogP contribution in [0.25, 0.3) is 0 Å². The van der Waals surface area contributed by atoms with E-state index in [1.54, 1.807) is 0 Å². The molecular formula is C16H19N3O4. The molecule has 0 saturated carbocycles. The van der Waals surface area contributed by atoms with Crippen LogP contribution in [0.4, 0.5) is 0 Å². The van der Waals surface area contributed by atoms with Crippen LogP contribution in [0.15, 0.2) is 48.9 Å². The van der Waals surface area contributed by atoms with Gasteiger partial charge in [-0.05, 0) is 36.9 Å². The van der Waals surface area contributed by atoms with Gasteiger partial charge in [0.2, 0.25) is 0 Å². The molecule has 0 fully saturated rings. The van der Waals surface area contributed by atoms with Crippen LogP contribution in [0, 0.1) is 0 Å². The van der Waals surface area contributed by atoms with Gasteiger partial charge in [0.15, 0.2) is 0 Å². The maximum absolute atomic E-state index is 9.10. The van der Waals surface area contributed by atoms with E-state index in [1.807, 2.05) is 30.7 Å². The molecule has 0 amide bonds. The Balaban J connectivity index is 0.000000379. The molecule has 7 nitrogen and oxygen atoms in total. The van der Waals surface area contributed by atoms with Crippen molar-refractivity contribution in [2.75, 3.05) is 13.6 Å². The van der Waals surface area contributed by atoms with Gasteiger partial charge in [0.1, 0.15) is 0 Å². The summed E-state index contributed by atoms with van der Waals surface area (Å²) in [6, 6.07) is 10.2. The van der Waals surface area contributed by atoms with Crippen molar-refractivity contribution >= 4 is 11.9 Å². The molecule has 23 heavy (non-hydrogen) atoms. The zero-order chi connectivity index (χ0) is 17.1. The smallest absolute Gasteiger partial charge is 0.414 e. The van der Waals surface area contributed by atoms with Gasteiger partial charge in [0, 0.05) is 43.8 Å². The molecule has 2 N–H and O–H groups in total. The molecule has 7 heteroatoms. The van der Waals surface area contributed by atoms with E-state index in [0.29, 0.717) is 0 Å². The monoisotopic (exact) mass is 317 g/mol. The molecule has 0 aromatic carbocycles. The van der Waals surface area contributed by atoms with Crippen molar-refractivity contribution in [2.24, 2.45) is 0 Å². The fourth-order valence-electron chi connectivity index (χ4n) is 1.73. The molecule has 0 unspecified atom stereocenters. The second-order valence-corrected chi connectivity index (χ2v) is 4.77. The molecule has 0 aliphatic heterocycles. The molecule has 0 atom stereocenters. The summed E-state index contributed by atoms with van der Waals surface area (Å²) in [5.41, 5.74) is 2.44. The molecule has 0 aliphatic rings. The van der Waals surface area contributed by atoms with Gasteiger partial charge in [0.25, 0.3) is 0 Å². The molecule has 0 radical (unpaired) electrons. The SMILES string of the molecule is CN(CCc1ccccn1)Cc1ccncc1.O=C(O)C(=O)O. The second kappa shape index (κ2) is 10.0. The molecule has 0 bridgehead atoms. The van der Waals surface area contributed by atoms with Crippen molar-refractivity contribution in [1.29, 1.82) is 0 Å². The van der Waals surface area contributed by atoms with Crippen molar-refractivity contribution < 1.29 is 19.8 Å². The average molecular weight is 317 g/mol. The number of aliphatic carboxylic acids is 2. The minimum atomic E-state index is -1.82. The van der Waals surface area contributed by atoms with Gasteiger partial charge in [-0.25, -0.2) is 9.59 Å². The number of rotatable bonds is 5. The Labute approximate surface area is 134 Å². The number of carbonyl (C=O) groups is 2. The summed E-state index contributed by atoms with van der Waals surface area (Å²) >= 11 is 0. The van der Waals surface area contributed by atoms with E-state index in [1.165, 1.54) is 5.56 Å². The van der Waals surface area contributed by atoms with Gasteiger partial charge in [-0.1, -0.05) is 6.07 Å². The summed E-state index contributed by atoms with van der Waals surface area (Å²) in [5.74, 6) is -3.65. The highest BCUT2D eigenvalue weighted by atomic mass is 16.4. The van der Waals surface area contributed by atoms with Crippen LogP contribution < -0.4 is 0 Å². The highest BCUT2D eigenvalue weighted by Crippen LogP contribution is 2.02. The number of pyridine rings is 2. The van der Waals surface area contributed by atoms with Gasteiger partial charge in [-0.3, -0.25) is 9.97 Å². The van der Waals surface area contributed by atoms with E-state index >= 15 is 0 Å². The van der Waals surface area contributed by atoms with Crippen molar-refractivity contribution in [3.8, 4) is 0 Å². The van der Waals surface area contributed by atoms with Gasteiger partial charge in [-0.15, -0.1) is 0 Å². The fraction of sp³-hybridized carbons (Fsp3) is 0.250. The van der Waals surface area contributed by atoms with Crippen LogP contribution in [-0.4, -0.2) is 50.6 Å². The largest absolute Gasteiger partial charge is 0.473 e. The molecule has 2 aromatic heterocycles. The summed E-state index contributed by atoms with van der Waals surface area (Å²) in [6.07, 6.45) is 6.50. The van der Waals surface area contributed by atoms with Crippen LogP contribution in [0.3, 0.4) is 0 Å².